The van der Waals surface area contributed by atoms with Crippen molar-refractivity contribution in [3.63, 3.8) is 0 Å². The van der Waals surface area contributed by atoms with Crippen LogP contribution in [0.4, 0.5) is 0 Å². The van der Waals surface area contributed by atoms with Gasteiger partial charge < -0.3 is 14.4 Å². The number of rotatable bonds is 1. The minimum absolute atomic E-state index is 0.225. The zero-order valence-electron chi connectivity index (χ0n) is 8.53. The number of hydrogen-bond donors (Lipinski definition) is 1. The molecule has 1 aromatic heterocycles. The average molecular weight is 191 g/mol. The number of methoxy groups -OCH3 is 1. The van der Waals surface area contributed by atoms with E-state index >= 15 is 0 Å². The molecule has 3 nitrogen and oxygen atoms in total. The fourth-order valence-corrected chi connectivity index (χ4v) is 1.83. The second-order valence-corrected chi connectivity index (χ2v) is 3.43. The van der Waals surface area contributed by atoms with Crippen LogP contribution in [0.2, 0.25) is 0 Å². The standard InChI is InChI=1S/C11H13NO2/c1-7-6-12(2)8-4-5-9(14-3)11(13)10(7)8/h4-6,13H,1-3H3. The predicted molar refractivity (Wildman–Crippen MR) is 55.9 cm³/mol. The number of ether oxygens (including phenoxy) is 1. The molecule has 3 heteroatoms. The Bertz CT molecular complexity index is 485. The molecule has 14 heavy (non-hydrogen) atoms. The van der Waals surface area contributed by atoms with Gasteiger partial charge in [0.05, 0.1) is 12.6 Å². The van der Waals surface area contributed by atoms with Crippen LogP contribution >= 0.6 is 0 Å². The number of aryl methyl sites for hydroxylation is 2. The van der Waals surface area contributed by atoms with E-state index < -0.39 is 0 Å². The maximum absolute atomic E-state index is 9.91. The fourth-order valence-electron chi connectivity index (χ4n) is 1.83. The third-order valence-electron chi connectivity index (χ3n) is 2.50. The van der Waals surface area contributed by atoms with Crippen LogP contribution in [0.3, 0.4) is 0 Å². The second kappa shape index (κ2) is 2.94. The summed E-state index contributed by atoms with van der Waals surface area (Å²) >= 11 is 0. The lowest BCUT2D eigenvalue weighted by molar-refractivity contribution is 0.376. The first kappa shape index (κ1) is 8.94. The van der Waals surface area contributed by atoms with Gasteiger partial charge >= 0.3 is 0 Å². The van der Waals surface area contributed by atoms with E-state index in [1.165, 1.54) is 0 Å². The van der Waals surface area contributed by atoms with Crippen LogP contribution in [0.1, 0.15) is 5.56 Å². The van der Waals surface area contributed by atoms with Crippen molar-refractivity contribution in [2.45, 2.75) is 6.92 Å². The van der Waals surface area contributed by atoms with E-state index in [-0.39, 0.29) is 5.75 Å². The van der Waals surface area contributed by atoms with Gasteiger partial charge in [-0.2, -0.15) is 0 Å². The third-order valence-corrected chi connectivity index (χ3v) is 2.50. The van der Waals surface area contributed by atoms with Gasteiger partial charge in [0.1, 0.15) is 0 Å². The first-order chi connectivity index (χ1) is 6.65. The molecule has 0 saturated heterocycles. The predicted octanol–water partition coefficient (Wildman–Crippen LogP) is 2.20. The van der Waals surface area contributed by atoms with E-state index in [1.54, 1.807) is 13.2 Å². The van der Waals surface area contributed by atoms with Crippen LogP contribution < -0.4 is 4.74 Å². The Hall–Kier alpha value is -1.64. The van der Waals surface area contributed by atoms with Crippen LogP contribution in [-0.4, -0.2) is 16.8 Å². The van der Waals surface area contributed by atoms with Gasteiger partial charge in [0.2, 0.25) is 0 Å². The molecular weight excluding hydrogens is 178 g/mol. The summed E-state index contributed by atoms with van der Waals surface area (Å²) in [7, 11) is 3.51. The van der Waals surface area contributed by atoms with E-state index in [9.17, 15) is 5.11 Å². The summed E-state index contributed by atoms with van der Waals surface area (Å²) in [5, 5.41) is 10.8. The summed E-state index contributed by atoms with van der Waals surface area (Å²) in [5.74, 6) is 0.745. The molecule has 0 bridgehead atoms. The van der Waals surface area contributed by atoms with Crippen molar-refractivity contribution in [3.05, 3.63) is 23.9 Å². The Kier molecular flexibility index (Phi) is 1.88. The first-order valence-corrected chi connectivity index (χ1v) is 4.46. The molecule has 0 unspecified atom stereocenters. The highest BCUT2D eigenvalue weighted by atomic mass is 16.5. The summed E-state index contributed by atoms with van der Waals surface area (Å²) in [6, 6.07) is 3.72. The SMILES string of the molecule is COc1ccc2c(c(C)cn2C)c1O. The van der Waals surface area contributed by atoms with E-state index in [1.807, 2.05) is 30.8 Å². The molecule has 0 aliphatic rings. The zero-order chi connectivity index (χ0) is 10.3. The van der Waals surface area contributed by atoms with Gasteiger partial charge in [-0.15, -0.1) is 0 Å². The van der Waals surface area contributed by atoms with Crippen molar-refractivity contribution in [1.29, 1.82) is 0 Å². The minimum Gasteiger partial charge on any atom is -0.504 e. The molecule has 0 fully saturated rings. The number of phenolic OH excluding ortho intramolecular Hbond substituents is 1. The molecule has 0 saturated carbocycles. The Balaban J connectivity index is 2.87. The van der Waals surface area contributed by atoms with Gasteiger partial charge in [0.15, 0.2) is 11.5 Å². The number of benzene rings is 1. The van der Waals surface area contributed by atoms with Crippen LogP contribution in [0, 0.1) is 6.92 Å². The first-order valence-electron chi connectivity index (χ1n) is 4.46. The Morgan fingerprint density at radius 2 is 2.07 bits per heavy atom. The fraction of sp³-hybridized carbons (Fsp3) is 0.273. The summed E-state index contributed by atoms with van der Waals surface area (Å²) in [4.78, 5) is 0. The summed E-state index contributed by atoms with van der Waals surface area (Å²) in [6.07, 6.45) is 1.99. The van der Waals surface area contributed by atoms with Crippen LogP contribution in [0.15, 0.2) is 18.3 Å². The van der Waals surface area contributed by atoms with Gasteiger partial charge in [-0.05, 0) is 24.6 Å². The minimum atomic E-state index is 0.225. The lowest BCUT2D eigenvalue weighted by atomic mass is 10.1. The van der Waals surface area contributed by atoms with Crippen molar-refractivity contribution in [1.82, 2.24) is 4.57 Å². The molecule has 0 radical (unpaired) electrons. The van der Waals surface area contributed by atoms with E-state index in [0.717, 1.165) is 16.5 Å². The van der Waals surface area contributed by atoms with Gasteiger partial charge in [-0.1, -0.05) is 0 Å². The lowest BCUT2D eigenvalue weighted by Gasteiger charge is -2.05. The Labute approximate surface area is 82.5 Å². The number of hydrogen-bond acceptors (Lipinski definition) is 2. The zero-order valence-corrected chi connectivity index (χ0v) is 8.53. The highest BCUT2D eigenvalue weighted by molar-refractivity contribution is 5.91. The Morgan fingerprint density at radius 3 is 2.71 bits per heavy atom. The smallest absolute Gasteiger partial charge is 0.167 e. The molecule has 0 amide bonds. The quantitative estimate of drug-likeness (QED) is 0.749. The summed E-state index contributed by atoms with van der Waals surface area (Å²) in [5.41, 5.74) is 2.07. The molecule has 0 aliphatic heterocycles. The number of nitrogens with zero attached hydrogens (tertiary/aromatic N) is 1. The van der Waals surface area contributed by atoms with Crippen molar-refractivity contribution in [2.24, 2.45) is 7.05 Å². The summed E-state index contributed by atoms with van der Waals surface area (Å²) in [6.45, 7) is 1.97. The van der Waals surface area contributed by atoms with Gasteiger partial charge in [0.25, 0.3) is 0 Å². The maximum atomic E-state index is 9.91. The molecule has 2 rings (SSSR count). The number of aromatic nitrogens is 1. The van der Waals surface area contributed by atoms with E-state index in [4.69, 9.17) is 4.74 Å². The van der Waals surface area contributed by atoms with Crippen molar-refractivity contribution < 1.29 is 9.84 Å². The normalized spacial score (nSPS) is 10.8. The summed E-state index contributed by atoms with van der Waals surface area (Å²) < 4.78 is 7.05. The molecule has 74 valence electrons. The number of phenols is 1. The second-order valence-electron chi connectivity index (χ2n) is 3.43. The molecule has 1 aromatic carbocycles. The van der Waals surface area contributed by atoms with Crippen LogP contribution in [0.5, 0.6) is 11.5 Å². The monoisotopic (exact) mass is 191 g/mol. The van der Waals surface area contributed by atoms with Crippen LogP contribution in [0.25, 0.3) is 10.9 Å². The molecular formula is C11H13NO2. The molecule has 0 aliphatic carbocycles. The third kappa shape index (κ3) is 1.05. The van der Waals surface area contributed by atoms with Gasteiger partial charge in [-0.25, -0.2) is 0 Å². The van der Waals surface area contributed by atoms with Gasteiger partial charge in [-0.3, -0.25) is 0 Å². The van der Waals surface area contributed by atoms with E-state index in [2.05, 4.69) is 0 Å². The molecule has 1 heterocycles. The maximum Gasteiger partial charge on any atom is 0.167 e. The molecule has 0 spiro atoms. The van der Waals surface area contributed by atoms with E-state index in [0.29, 0.717) is 5.75 Å². The lowest BCUT2D eigenvalue weighted by Crippen LogP contribution is -1.86. The van der Waals surface area contributed by atoms with Gasteiger partial charge in [0, 0.05) is 18.6 Å². The average Bonchev–Trinajstić information content (AvgIpc) is 2.44. The molecule has 1 N–H and O–H groups in total. The Morgan fingerprint density at radius 1 is 1.36 bits per heavy atom. The highest BCUT2D eigenvalue weighted by Gasteiger charge is 2.11. The topological polar surface area (TPSA) is 34.4 Å². The van der Waals surface area contributed by atoms with Crippen molar-refractivity contribution in [2.75, 3.05) is 7.11 Å². The number of aromatic hydroxyl groups is 1. The van der Waals surface area contributed by atoms with Crippen molar-refractivity contribution >= 4 is 10.9 Å². The molecule has 0 atom stereocenters. The largest absolute Gasteiger partial charge is 0.504 e. The highest BCUT2D eigenvalue weighted by Crippen LogP contribution is 2.36. The number of fused-ring (bicyclic) bond motifs is 1. The van der Waals surface area contributed by atoms with Crippen LogP contribution in [-0.2, 0) is 7.05 Å². The molecule has 2 aromatic rings. The van der Waals surface area contributed by atoms with Crippen molar-refractivity contribution in [3.8, 4) is 11.5 Å².